The first-order valence-electron chi connectivity index (χ1n) is 8.32. The normalized spacial score (nSPS) is 21.7. The van der Waals surface area contributed by atoms with E-state index in [0.29, 0.717) is 17.5 Å². The van der Waals surface area contributed by atoms with E-state index in [4.69, 9.17) is 4.52 Å². The third-order valence-electron chi connectivity index (χ3n) is 4.85. The van der Waals surface area contributed by atoms with E-state index in [1.54, 1.807) is 0 Å². The zero-order valence-corrected chi connectivity index (χ0v) is 13.9. The van der Waals surface area contributed by atoms with Crippen molar-refractivity contribution in [2.24, 2.45) is 0 Å². The second-order valence-electron chi connectivity index (χ2n) is 6.65. The summed E-state index contributed by atoms with van der Waals surface area (Å²) in [7, 11) is 2.08. The number of anilines is 1. The highest BCUT2D eigenvalue weighted by Crippen LogP contribution is 2.39. The van der Waals surface area contributed by atoms with Crippen LogP contribution < -0.4 is 4.90 Å². The summed E-state index contributed by atoms with van der Waals surface area (Å²) >= 11 is 0. The van der Waals surface area contributed by atoms with Gasteiger partial charge >= 0.3 is 0 Å². The van der Waals surface area contributed by atoms with E-state index in [1.165, 1.54) is 0 Å². The number of piperazine rings is 1. The number of nitrogens with zero attached hydrogens (tertiary/aromatic N) is 6. The maximum absolute atomic E-state index is 9.20. The molecule has 4 rings (SSSR count). The van der Waals surface area contributed by atoms with Gasteiger partial charge in [-0.15, -0.1) is 0 Å². The zero-order valence-electron chi connectivity index (χ0n) is 13.9. The molecule has 1 aliphatic carbocycles. The molecule has 3 heterocycles. The molecule has 1 atom stereocenters. The fraction of sp³-hybridized carbons (Fsp3) is 0.529. The Bertz CT molecular complexity index is 791. The molecule has 7 nitrogen and oxygen atoms in total. The van der Waals surface area contributed by atoms with Crippen LogP contribution in [-0.2, 0) is 0 Å². The third kappa shape index (κ3) is 2.74. The van der Waals surface area contributed by atoms with E-state index in [9.17, 15) is 5.26 Å². The monoisotopic (exact) mass is 324 g/mol. The van der Waals surface area contributed by atoms with Gasteiger partial charge in [-0.3, -0.25) is 4.90 Å². The molecule has 0 aromatic carbocycles. The lowest BCUT2D eigenvalue weighted by molar-refractivity contribution is 0.177. The topological polar surface area (TPSA) is 82.1 Å². The minimum atomic E-state index is 0.0485. The Hall–Kier alpha value is -2.46. The minimum Gasteiger partial charge on any atom is -0.353 e. The Labute approximate surface area is 140 Å². The molecule has 0 bridgehead atoms. The molecule has 2 aliphatic rings. The summed E-state index contributed by atoms with van der Waals surface area (Å²) in [5.74, 6) is 2.84. The van der Waals surface area contributed by atoms with Gasteiger partial charge in [0.05, 0.1) is 0 Å². The average Bonchev–Trinajstić information content (AvgIpc) is 3.33. The van der Waals surface area contributed by atoms with Gasteiger partial charge in [-0.05, 0) is 38.4 Å². The largest absolute Gasteiger partial charge is 0.353 e. The van der Waals surface area contributed by atoms with Gasteiger partial charge in [0.15, 0.2) is 5.82 Å². The van der Waals surface area contributed by atoms with Crippen LogP contribution >= 0.6 is 0 Å². The maximum atomic E-state index is 9.20. The summed E-state index contributed by atoms with van der Waals surface area (Å²) in [5, 5.41) is 13.3. The highest BCUT2D eigenvalue weighted by molar-refractivity contribution is 5.45. The van der Waals surface area contributed by atoms with Gasteiger partial charge in [-0.25, -0.2) is 4.98 Å². The molecule has 0 N–H and O–H groups in total. The van der Waals surface area contributed by atoms with E-state index in [2.05, 4.69) is 38.0 Å². The number of hydrogen-bond donors (Lipinski definition) is 0. The number of aromatic nitrogens is 3. The van der Waals surface area contributed by atoms with Crippen LogP contribution in [0.15, 0.2) is 16.7 Å². The van der Waals surface area contributed by atoms with Gasteiger partial charge in [0.1, 0.15) is 23.6 Å². The molecule has 0 unspecified atom stereocenters. The summed E-state index contributed by atoms with van der Waals surface area (Å²) in [5.41, 5.74) is 1.38. The Balaban J connectivity index is 1.57. The molecule has 1 saturated heterocycles. The van der Waals surface area contributed by atoms with Crippen LogP contribution in [0.2, 0.25) is 0 Å². The Morgan fingerprint density at radius 2 is 2.08 bits per heavy atom. The number of likely N-dealkylation sites (N-methyl/N-ethyl adjacent to an activating group) is 1. The van der Waals surface area contributed by atoms with Gasteiger partial charge in [-0.2, -0.15) is 10.2 Å². The van der Waals surface area contributed by atoms with Crippen molar-refractivity contribution in [1.29, 1.82) is 5.26 Å². The first-order chi connectivity index (χ1) is 11.7. The van der Waals surface area contributed by atoms with E-state index < -0.39 is 0 Å². The number of hydrogen-bond acceptors (Lipinski definition) is 7. The molecule has 0 amide bonds. The Morgan fingerprint density at radius 3 is 2.83 bits per heavy atom. The first-order valence-corrected chi connectivity index (χ1v) is 8.32. The highest BCUT2D eigenvalue weighted by Gasteiger charge is 2.34. The average molecular weight is 324 g/mol. The van der Waals surface area contributed by atoms with Crippen molar-refractivity contribution in [2.75, 3.05) is 31.6 Å². The van der Waals surface area contributed by atoms with E-state index in [-0.39, 0.29) is 6.04 Å². The van der Waals surface area contributed by atoms with Crippen molar-refractivity contribution < 1.29 is 4.52 Å². The molecule has 2 aromatic rings. The summed E-state index contributed by atoms with van der Waals surface area (Å²) in [4.78, 5) is 13.5. The Morgan fingerprint density at radius 1 is 1.25 bits per heavy atom. The molecule has 0 spiro atoms. The molecule has 2 aromatic heterocycles. The van der Waals surface area contributed by atoms with Gasteiger partial charge in [0, 0.05) is 25.6 Å². The number of rotatable bonds is 3. The fourth-order valence-electron chi connectivity index (χ4n) is 3.05. The van der Waals surface area contributed by atoms with Crippen LogP contribution in [0.1, 0.15) is 47.8 Å². The molecular weight excluding hydrogens is 304 g/mol. The second-order valence-corrected chi connectivity index (χ2v) is 6.65. The second kappa shape index (κ2) is 5.87. The van der Waals surface area contributed by atoms with Crippen molar-refractivity contribution in [2.45, 2.75) is 31.7 Å². The smallest absolute Gasteiger partial charge is 0.245 e. The molecule has 1 aliphatic heterocycles. The van der Waals surface area contributed by atoms with E-state index in [0.717, 1.165) is 49.7 Å². The summed E-state index contributed by atoms with van der Waals surface area (Å²) in [6, 6.07) is 6.13. The molecule has 7 heteroatoms. The summed E-state index contributed by atoms with van der Waals surface area (Å²) in [6.07, 6.45) is 2.33. The third-order valence-corrected chi connectivity index (χ3v) is 4.85. The van der Waals surface area contributed by atoms with Crippen LogP contribution in [0.25, 0.3) is 0 Å². The molecule has 2 fully saturated rings. The van der Waals surface area contributed by atoms with Crippen molar-refractivity contribution in [3.63, 3.8) is 0 Å². The molecule has 124 valence electrons. The van der Waals surface area contributed by atoms with Crippen LogP contribution in [0.4, 0.5) is 5.82 Å². The number of nitriles is 1. The van der Waals surface area contributed by atoms with Gasteiger partial charge in [0.2, 0.25) is 5.89 Å². The van der Waals surface area contributed by atoms with Crippen LogP contribution in [0.3, 0.4) is 0 Å². The lowest BCUT2D eigenvalue weighted by atomic mass is 10.1. The quantitative estimate of drug-likeness (QED) is 0.854. The first kappa shape index (κ1) is 15.1. The van der Waals surface area contributed by atoms with Gasteiger partial charge in [-0.1, -0.05) is 11.2 Å². The predicted molar refractivity (Wildman–Crippen MR) is 87.5 cm³/mol. The standard InChI is InChI=1S/C17H20N6O/c1-11-3-6-15(19-13(11)9-18)23-8-7-22(2)14(10-23)17-20-16(21-24-17)12-4-5-12/h3,6,12,14H,4-5,7-8,10H2,1-2H3/t14-/m1/s1. The van der Waals surface area contributed by atoms with Crippen molar-refractivity contribution in [3.8, 4) is 6.07 Å². The van der Waals surface area contributed by atoms with Gasteiger partial charge < -0.3 is 9.42 Å². The Kier molecular flexibility index (Phi) is 3.69. The molecule has 0 radical (unpaired) electrons. The predicted octanol–water partition coefficient (Wildman–Crippen LogP) is 2.02. The zero-order chi connectivity index (χ0) is 16.7. The summed E-state index contributed by atoms with van der Waals surface area (Å²) in [6.45, 7) is 4.37. The van der Waals surface area contributed by atoms with Crippen molar-refractivity contribution in [3.05, 3.63) is 35.1 Å². The molecule has 24 heavy (non-hydrogen) atoms. The lowest BCUT2D eigenvalue weighted by Crippen LogP contribution is -2.47. The fourth-order valence-corrected chi connectivity index (χ4v) is 3.05. The highest BCUT2D eigenvalue weighted by atomic mass is 16.5. The molecular formula is C17H20N6O. The number of aryl methyl sites for hydroxylation is 1. The minimum absolute atomic E-state index is 0.0485. The van der Waals surface area contributed by atoms with Crippen LogP contribution in [0.5, 0.6) is 0 Å². The lowest BCUT2D eigenvalue weighted by Gasteiger charge is -2.38. The molecule has 1 saturated carbocycles. The number of pyridine rings is 1. The van der Waals surface area contributed by atoms with Crippen LogP contribution in [0, 0.1) is 18.3 Å². The van der Waals surface area contributed by atoms with Crippen molar-refractivity contribution in [1.82, 2.24) is 20.0 Å². The van der Waals surface area contributed by atoms with Crippen molar-refractivity contribution >= 4 is 5.82 Å². The summed E-state index contributed by atoms with van der Waals surface area (Å²) < 4.78 is 5.52. The van der Waals surface area contributed by atoms with Crippen LogP contribution in [-0.4, -0.2) is 46.7 Å². The van der Waals surface area contributed by atoms with E-state index >= 15 is 0 Å². The van der Waals surface area contributed by atoms with Gasteiger partial charge in [0.25, 0.3) is 0 Å². The maximum Gasteiger partial charge on any atom is 0.245 e. The van der Waals surface area contributed by atoms with E-state index in [1.807, 2.05) is 19.1 Å². The SMILES string of the molecule is Cc1ccc(N2CCN(C)[C@@H](c3nc(C4CC4)no3)C2)nc1C#N.